The van der Waals surface area contributed by atoms with Crippen molar-refractivity contribution in [3.63, 3.8) is 0 Å². The number of hydrogen-bond acceptors (Lipinski definition) is 3. The molecule has 0 bridgehead atoms. The predicted molar refractivity (Wildman–Crippen MR) is 57.8 cm³/mol. The fourth-order valence-electron chi connectivity index (χ4n) is 0.400. The van der Waals surface area contributed by atoms with Crippen molar-refractivity contribution in [3.8, 4) is 0 Å². The second kappa shape index (κ2) is 15.9. The van der Waals surface area contributed by atoms with Gasteiger partial charge >= 0.3 is 27.7 Å². The Morgan fingerprint density at radius 1 is 1.14 bits per heavy atom. The summed E-state index contributed by atoms with van der Waals surface area (Å²) in [4.78, 5) is 4.36. The maximum atomic E-state index is 9.33. The normalized spacial score (nSPS) is 8.71. The van der Waals surface area contributed by atoms with E-state index < -0.39 is 0 Å². The molecule has 0 amide bonds. The van der Waals surface area contributed by atoms with Crippen molar-refractivity contribution < 1.29 is 23.3 Å². The minimum absolute atomic E-state index is 0.0833. The zero-order valence-electron chi connectivity index (χ0n) is 9.62. The van der Waals surface area contributed by atoms with E-state index in [-0.39, 0.29) is 5.76 Å². The average molecular weight is 315 g/mol. The summed E-state index contributed by atoms with van der Waals surface area (Å²) in [5, 5.41) is 9.33. The van der Waals surface area contributed by atoms with Crippen LogP contribution in [0.3, 0.4) is 0 Å². The molecule has 0 aromatic heterocycles. The molecule has 0 aliphatic heterocycles. The van der Waals surface area contributed by atoms with Gasteiger partial charge in [-0.1, -0.05) is 6.92 Å². The van der Waals surface area contributed by atoms with Gasteiger partial charge in [-0.2, -0.15) is 0 Å². The minimum atomic E-state index is -0.0833. The molecule has 0 aliphatic carbocycles. The molecule has 0 aliphatic rings. The molecule has 0 radical (unpaired) electrons. The number of halogens is 1. The van der Waals surface area contributed by atoms with Gasteiger partial charge in [0.2, 0.25) is 0 Å². The SMILES string of the molecule is C=C(C)[O-].CN(C)CCN(C)C.[Cl][Pd+]. The van der Waals surface area contributed by atoms with Crippen molar-refractivity contribution >= 4 is 9.53 Å². The Bertz CT molecular complexity index is 109. The Morgan fingerprint density at radius 3 is 1.36 bits per heavy atom. The molecule has 3 nitrogen and oxygen atoms in total. The molecule has 0 heterocycles. The summed E-state index contributed by atoms with van der Waals surface area (Å²) >= 11 is 2.22. The van der Waals surface area contributed by atoms with Gasteiger partial charge in [0.05, 0.1) is 0 Å². The number of rotatable bonds is 3. The molecule has 0 atom stereocenters. The number of hydrogen-bond donors (Lipinski definition) is 0. The first-order valence-electron chi connectivity index (χ1n) is 4.10. The molecule has 0 fully saturated rings. The fraction of sp³-hybridized carbons (Fsp3) is 0.778. The van der Waals surface area contributed by atoms with Crippen LogP contribution in [-0.2, 0) is 18.2 Å². The van der Waals surface area contributed by atoms with Crippen molar-refractivity contribution in [2.75, 3.05) is 41.3 Å². The van der Waals surface area contributed by atoms with Crippen molar-refractivity contribution in [1.29, 1.82) is 0 Å². The van der Waals surface area contributed by atoms with E-state index in [1.807, 2.05) is 0 Å². The van der Waals surface area contributed by atoms with Crippen molar-refractivity contribution in [2.45, 2.75) is 6.92 Å². The van der Waals surface area contributed by atoms with Crippen LogP contribution in [0.4, 0.5) is 0 Å². The summed E-state index contributed by atoms with van der Waals surface area (Å²) in [7, 11) is 12.8. The van der Waals surface area contributed by atoms with E-state index in [9.17, 15) is 5.11 Å². The van der Waals surface area contributed by atoms with Crippen LogP contribution in [0.1, 0.15) is 6.92 Å². The van der Waals surface area contributed by atoms with Crippen LogP contribution in [0.5, 0.6) is 0 Å². The first-order valence-corrected chi connectivity index (χ1v) is 6.10. The summed E-state index contributed by atoms with van der Waals surface area (Å²) in [5.74, 6) is -0.0833. The Kier molecular flexibility index (Phi) is 22.6. The predicted octanol–water partition coefficient (Wildman–Crippen LogP) is 0.677. The zero-order valence-corrected chi connectivity index (χ0v) is 11.9. The van der Waals surface area contributed by atoms with E-state index >= 15 is 0 Å². The van der Waals surface area contributed by atoms with Crippen LogP contribution >= 0.6 is 9.53 Å². The second-order valence-electron chi connectivity index (χ2n) is 3.31. The molecule has 0 saturated heterocycles. The molecule has 0 aromatic carbocycles. The molecule has 0 spiro atoms. The Labute approximate surface area is 103 Å². The van der Waals surface area contributed by atoms with Crippen LogP contribution in [0.25, 0.3) is 0 Å². The molecule has 0 rings (SSSR count). The van der Waals surface area contributed by atoms with Gasteiger partial charge in [-0.25, -0.2) is 0 Å². The van der Waals surface area contributed by atoms with Gasteiger partial charge in [0.25, 0.3) is 0 Å². The number of likely N-dealkylation sites (N-methyl/N-ethyl adjacent to an activating group) is 2. The number of allylic oxidation sites excluding steroid dienone is 1. The van der Waals surface area contributed by atoms with Gasteiger partial charge in [-0.15, -0.1) is 12.3 Å². The van der Waals surface area contributed by atoms with Crippen molar-refractivity contribution in [2.24, 2.45) is 0 Å². The third-order valence-electron chi connectivity index (χ3n) is 0.994. The van der Waals surface area contributed by atoms with E-state index in [0.29, 0.717) is 0 Å². The third kappa shape index (κ3) is 55.2. The van der Waals surface area contributed by atoms with Gasteiger partial charge in [0, 0.05) is 13.1 Å². The van der Waals surface area contributed by atoms with Crippen LogP contribution in [0.15, 0.2) is 12.3 Å². The van der Waals surface area contributed by atoms with Gasteiger partial charge < -0.3 is 14.9 Å². The first-order chi connectivity index (χ1) is 6.36. The van der Waals surface area contributed by atoms with E-state index in [0.717, 1.165) is 13.1 Å². The molecule has 0 N–H and O–H groups in total. The topological polar surface area (TPSA) is 29.5 Å². The molecule has 5 heteroatoms. The van der Waals surface area contributed by atoms with E-state index in [4.69, 9.17) is 0 Å². The zero-order chi connectivity index (χ0) is 12.1. The third-order valence-corrected chi connectivity index (χ3v) is 0.994. The molecule has 0 unspecified atom stereocenters. The molecule has 0 aromatic rings. The Hall–Kier alpha value is 0.412. The van der Waals surface area contributed by atoms with Crippen LogP contribution in [0.2, 0.25) is 0 Å². The van der Waals surface area contributed by atoms with Gasteiger partial charge in [0.1, 0.15) is 0 Å². The van der Waals surface area contributed by atoms with Gasteiger partial charge in [-0.05, 0) is 28.2 Å². The van der Waals surface area contributed by atoms with Crippen molar-refractivity contribution in [1.82, 2.24) is 9.80 Å². The van der Waals surface area contributed by atoms with Crippen LogP contribution in [0, 0.1) is 0 Å². The molecule has 14 heavy (non-hydrogen) atoms. The average Bonchev–Trinajstić information content (AvgIpc) is 2.03. The first kappa shape index (κ1) is 19.9. The molecule has 0 saturated carbocycles. The standard InChI is InChI=1S/C6H16N2.C3H6O.ClH.Pd/c1-7(2)5-6-8(3)4;1-3(2)4;;/h5-6H2,1-4H3;4H,1H2,2H3;1H;/q;;;+2/p-2. The van der Waals surface area contributed by atoms with Crippen LogP contribution in [-0.4, -0.2) is 51.1 Å². The summed E-state index contributed by atoms with van der Waals surface area (Å²) < 4.78 is 0. The number of nitrogens with zero attached hydrogens (tertiary/aromatic N) is 2. The molecular formula is C9H21ClN2OPd. The van der Waals surface area contributed by atoms with Gasteiger partial charge in [-0.3, -0.25) is 0 Å². The van der Waals surface area contributed by atoms with Crippen molar-refractivity contribution in [3.05, 3.63) is 12.3 Å². The molecular weight excluding hydrogens is 294 g/mol. The summed E-state index contributed by atoms with van der Waals surface area (Å²) in [6.07, 6.45) is 0. The Balaban J connectivity index is -0.000000170. The van der Waals surface area contributed by atoms with E-state index in [1.54, 1.807) is 0 Å². The summed E-state index contributed by atoms with van der Waals surface area (Å²) in [6.45, 7) is 6.71. The monoisotopic (exact) mass is 314 g/mol. The Morgan fingerprint density at radius 2 is 1.29 bits per heavy atom. The van der Waals surface area contributed by atoms with Gasteiger partial charge in [0.15, 0.2) is 0 Å². The summed E-state index contributed by atoms with van der Waals surface area (Å²) in [6, 6.07) is 0. The van der Waals surface area contributed by atoms with Crippen LogP contribution < -0.4 is 5.11 Å². The quantitative estimate of drug-likeness (QED) is 0.567. The summed E-state index contributed by atoms with van der Waals surface area (Å²) in [5.41, 5.74) is 0. The fourth-order valence-corrected chi connectivity index (χ4v) is 0.400. The van der Waals surface area contributed by atoms with E-state index in [1.165, 1.54) is 6.92 Å². The second-order valence-corrected chi connectivity index (χ2v) is 3.31. The molecule has 90 valence electrons. The van der Waals surface area contributed by atoms with E-state index in [2.05, 4.69) is 72.3 Å². The maximum absolute atomic E-state index is 9.33.